The smallest absolute Gasteiger partial charge is 0.225 e. The Morgan fingerprint density at radius 1 is 1.12 bits per heavy atom. The molecule has 1 saturated carbocycles. The van der Waals surface area contributed by atoms with Crippen LogP contribution in [0.25, 0.3) is 0 Å². The molecule has 1 saturated heterocycles. The highest BCUT2D eigenvalue weighted by Gasteiger charge is 2.29. The Labute approximate surface area is 105 Å². The lowest BCUT2D eigenvalue weighted by Gasteiger charge is -2.30. The minimum Gasteiger partial charge on any atom is -0.342 e. The number of carbonyl (C=O) groups is 1. The van der Waals surface area contributed by atoms with E-state index in [9.17, 15) is 4.79 Å². The number of amides is 1. The second kappa shape index (κ2) is 5.85. The van der Waals surface area contributed by atoms with E-state index in [2.05, 4.69) is 11.8 Å². The average molecular weight is 238 g/mol. The summed E-state index contributed by atoms with van der Waals surface area (Å²) in [5.41, 5.74) is 5.97. The van der Waals surface area contributed by atoms with Gasteiger partial charge >= 0.3 is 0 Å². The molecule has 1 amide bonds. The molecule has 3 atom stereocenters. The van der Waals surface area contributed by atoms with E-state index in [1.54, 1.807) is 0 Å². The third-order valence-corrected chi connectivity index (χ3v) is 4.39. The van der Waals surface area contributed by atoms with Gasteiger partial charge in [-0.1, -0.05) is 13.3 Å². The molecule has 0 aromatic heterocycles. The third kappa shape index (κ3) is 3.44. The maximum atomic E-state index is 12.4. The average Bonchev–Trinajstić information content (AvgIpc) is 2.53. The van der Waals surface area contributed by atoms with Crippen LogP contribution in [0.4, 0.5) is 0 Å². The Bertz CT molecular complexity index is 267. The minimum atomic E-state index is 0.215. The van der Waals surface area contributed by atoms with Crippen LogP contribution in [0.5, 0.6) is 0 Å². The Morgan fingerprint density at radius 2 is 1.94 bits per heavy atom. The van der Waals surface area contributed by atoms with Crippen LogP contribution in [0.3, 0.4) is 0 Å². The molecule has 1 aliphatic carbocycles. The molecule has 17 heavy (non-hydrogen) atoms. The highest BCUT2D eigenvalue weighted by Crippen LogP contribution is 2.26. The molecule has 3 nitrogen and oxygen atoms in total. The fourth-order valence-electron chi connectivity index (χ4n) is 3.19. The molecule has 0 spiro atoms. The maximum absolute atomic E-state index is 12.4. The van der Waals surface area contributed by atoms with E-state index in [4.69, 9.17) is 5.73 Å². The van der Waals surface area contributed by atoms with Gasteiger partial charge in [0.15, 0.2) is 0 Å². The SMILES string of the molecule is CC1CCCN(C(=O)C2CCCC(N)C2)CC1. The van der Waals surface area contributed by atoms with Gasteiger partial charge in [0.25, 0.3) is 0 Å². The van der Waals surface area contributed by atoms with E-state index in [1.807, 2.05) is 0 Å². The predicted octanol–water partition coefficient (Wildman–Crippen LogP) is 2.15. The molecule has 98 valence electrons. The predicted molar refractivity (Wildman–Crippen MR) is 69.5 cm³/mol. The molecule has 1 aliphatic heterocycles. The number of nitrogens with two attached hydrogens (primary N) is 1. The van der Waals surface area contributed by atoms with Crippen molar-refractivity contribution in [3.8, 4) is 0 Å². The normalized spacial score (nSPS) is 35.4. The van der Waals surface area contributed by atoms with Crippen LogP contribution in [0.1, 0.15) is 51.9 Å². The molecule has 2 fully saturated rings. The number of likely N-dealkylation sites (tertiary alicyclic amines) is 1. The molecule has 3 heteroatoms. The van der Waals surface area contributed by atoms with Crippen molar-refractivity contribution in [2.75, 3.05) is 13.1 Å². The molecule has 0 bridgehead atoms. The first kappa shape index (κ1) is 12.9. The van der Waals surface area contributed by atoms with E-state index in [-0.39, 0.29) is 12.0 Å². The molecule has 2 aliphatic rings. The van der Waals surface area contributed by atoms with E-state index < -0.39 is 0 Å². The van der Waals surface area contributed by atoms with Gasteiger partial charge in [0, 0.05) is 25.0 Å². The van der Waals surface area contributed by atoms with Crippen molar-refractivity contribution in [3.63, 3.8) is 0 Å². The zero-order chi connectivity index (χ0) is 12.3. The van der Waals surface area contributed by atoms with Gasteiger partial charge in [0.1, 0.15) is 0 Å². The number of rotatable bonds is 1. The van der Waals surface area contributed by atoms with Crippen LogP contribution in [-0.2, 0) is 4.79 Å². The first-order valence-electron chi connectivity index (χ1n) is 7.21. The number of nitrogens with zero attached hydrogens (tertiary/aromatic N) is 1. The summed E-state index contributed by atoms with van der Waals surface area (Å²) in [6, 6.07) is 0.253. The van der Waals surface area contributed by atoms with Crippen LogP contribution in [-0.4, -0.2) is 29.9 Å². The second-order valence-corrected chi connectivity index (χ2v) is 5.98. The van der Waals surface area contributed by atoms with Crippen molar-refractivity contribution < 1.29 is 4.79 Å². The highest BCUT2D eigenvalue weighted by atomic mass is 16.2. The van der Waals surface area contributed by atoms with Gasteiger partial charge in [-0.15, -0.1) is 0 Å². The topological polar surface area (TPSA) is 46.3 Å². The molecule has 0 radical (unpaired) electrons. The second-order valence-electron chi connectivity index (χ2n) is 5.98. The summed E-state index contributed by atoms with van der Waals surface area (Å²) in [5.74, 6) is 1.38. The van der Waals surface area contributed by atoms with Crippen molar-refractivity contribution in [2.45, 2.75) is 57.9 Å². The van der Waals surface area contributed by atoms with Crippen LogP contribution < -0.4 is 5.73 Å². The van der Waals surface area contributed by atoms with Crippen LogP contribution >= 0.6 is 0 Å². The van der Waals surface area contributed by atoms with Gasteiger partial charge in [-0.25, -0.2) is 0 Å². The van der Waals surface area contributed by atoms with Gasteiger partial charge in [0.2, 0.25) is 5.91 Å². The fourth-order valence-corrected chi connectivity index (χ4v) is 3.19. The molecule has 0 aromatic carbocycles. The summed E-state index contributed by atoms with van der Waals surface area (Å²) in [5, 5.41) is 0. The Kier molecular flexibility index (Phi) is 4.43. The molecule has 2 rings (SSSR count). The van der Waals surface area contributed by atoms with Crippen molar-refractivity contribution >= 4 is 5.91 Å². The largest absolute Gasteiger partial charge is 0.342 e. The molecule has 1 heterocycles. The lowest BCUT2D eigenvalue weighted by Crippen LogP contribution is -2.41. The van der Waals surface area contributed by atoms with E-state index in [0.717, 1.165) is 44.7 Å². The van der Waals surface area contributed by atoms with Crippen molar-refractivity contribution in [3.05, 3.63) is 0 Å². The van der Waals surface area contributed by atoms with E-state index in [1.165, 1.54) is 19.3 Å². The number of hydrogen-bond acceptors (Lipinski definition) is 2. The summed E-state index contributed by atoms with van der Waals surface area (Å²) >= 11 is 0. The molecule has 3 unspecified atom stereocenters. The van der Waals surface area contributed by atoms with Crippen LogP contribution in [0, 0.1) is 11.8 Å². The van der Waals surface area contributed by atoms with Gasteiger partial charge in [0.05, 0.1) is 0 Å². The van der Waals surface area contributed by atoms with Crippen LogP contribution in [0.2, 0.25) is 0 Å². The fraction of sp³-hybridized carbons (Fsp3) is 0.929. The Morgan fingerprint density at radius 3 is 2.71 bits per heavy atom. The maximum Gasteiger partial charge on any atom is 0.225 e. The van der Waals surface area contributed by atoms with E-state index >= 15 is 0 Å². The van der Waals surface area contributed by atoms with Crippen molar-refractivity contribution in [2.24, 2.45) is 17.6 Å². The first-order valence-corrected chi connectivity index (χ1v) is 7.21. The zero-order valence-corrected chi connectivity index (χ0v) is 11.0. The minimum absolute atomic E-state index is 0.215. The summed E-state index contributed by atoms with van der Waals surface area (Å²) < 4.78 is 0. The highest BCUT2D eigenvalue weighted by molar-refractivity contribution is 5.79. The monoisotopic (exact) mass is 238 g/mol. The Hall–Kier alpha value is -0.570. The van der Waals surface area contributed by atoms with Gasteiger partial charge in [-0.3, -0.25) is 4.79 Å². The standard InChI is InChI=1S/C14H26N2O/c1-11-4-3-8-16(9-7-11)14(17)12-5-2-6-13(15)10-12/h11-13H,2-10,15H2,1H3. The quantitative estimate of drug-likeness (QED) is 0.761. The zero-order valence-electron chi connectivity index (χ0n) is 11.0. The van der Waals surface area contributed by atoms with E-state index in [0.29, 0.717) is 5.91 Å². The molecule has 0 aromatic rings. The molecular weight excluding hydrogens is 212 g/mol. The number of carbonyl (C=O) groups excluding carboxylic acids is 1. The summed E-state index contributed by atoms with van der Waals surface area (Å²) in [6.07, 6.45) is 7.80. The molecular formula is C14H26N2O. The summed E-state index contributed by atoms with van der Waals surface area (Å²) in [6.45, 7) is 4.23. The lowest BCUT2D eigenvalue weighted by atomic mass is 9.85. The van der Waals surface area contributed by atoms with Crippen LogP contribution in [0.15, 0.2) is 0 Å². The Balaban J connectivity index is 1.89. The van der Waals surface area contributed by atoms with Crippen molar-refractivity contribution in [1.82, 2.24) is 4.90 Å². The summed E-state index contributed by atoms with van der Waals surface area (Å²) in [7, 11) is 0. The lowest BCUT2D eigenvalue weighted by molar-refractivity contribution is -0.136. The van der Waals surface area contributed by atoms with Gasteiger partial charge < -0.3 is 10.6 Å². The third-order valence-electron chi connectivity index (χ3n) is 4.39. The van der Waals surface area contributed by atoms with Gasteiger partial charge in [-0.2, -0.15) is 0 Å². The first-order chi connectivity index (χ1) is 8.16. The summed E-state index contributed by atoms with van der Waals surface area (Å²) in [4.78, 5) is 14.5. The number of hydrogen-bond donors (Lipinski definition) is 1. The van der Waals surface area contributed by atoms with Crippen molar-refractivity contribution in [1.29, 1.82) is 0 Å². The molecule has 2 N–H and O–H groups in total. The van der Waals surface area contributed by atoms with Gasteiger partial charge in [-0.05, 0) is 44.4 Å².